The quantitative estimate of drug-likeness (QED) is 0.473. The van der Waals surface area contributed by atoms with Crippen LogP contribution in [-0.2, 0) is 0 Å². The summed E-state index contributed by atoms with van der Waals surface area (Å²) >= 11 is 0. The van der Waals surface area contributed by atoms with Gasteiger partial charge in [-0.15, -0.1) is 0 Å². The first-order chi connectivity index (χ1) is 7.41. The van der Waals surface area contributed by atoms with Crippen LogP contribution in [0.3, 0.4) is 0 Å². The zero-order valence-electron chi connectivity index (χ0n) is 10.5. The monoisotopic (exact) mass is 213 g/mol. The largest absolute Gasteiger partial charge is 0.396 e. The van der Waals surface area contributed by atoms with E-state index in [2.05, 4.69) is 6.92 Å². The second-order valence-corrected chi connectivity index (χ2v) is 4.44. The smallest absolute Gasteiger partial charge is 0.0462 e. The highest BCUT2D eigenvalue weighted by molar-refractivity contribution is 4.61. The Labute approximate surface area is 96.3 Å². The van der Waals surface area contributed by atoms with E-state index in [1.54, 1.807) is 0 Å². The Kier molecular flexibility index (Phi) is 13.9. The number of rotatable bonds is 12. The number of aliphatic hydroxyl groups is 1. The lowest BCUT2D eigenvalue weighted by atomic mass is 10.1. The molecule has 0 fully saturated rings. The molecule has 0 heterocycles. The third-order valence-electron chi connectivity index (χ3n) is 2.89. The van der Waals surface area contributed by atoms with Crippen molar-refractivity contribution in [3.63, 3.8) is 0 Å². The van der Waals surface area contributed by atoms with Crippen molar-refractivity contribution < 1.29 is 5.11 Å². The molecule has 91 valence electrons. The molecule has 0 spiro atoms. The molecule has 0 aromatic heterocycles. The maximum Gasteiger partial charge on any atom is 0.0462 e. The fraction of sp³-hybridized carbons (Fsp3) is 0.929. The van der Waals surface area contributed by atoms with Gasteiger partial charge in [0.2, 0.25) is 0 Å². The summed E-state index contributed by atoms with van der Waals surface area (Å²) in [5, 5.41) is 8.55. The van der Waals surface area contributed by atoms with E-state index in [-0.39, 0.29) is 6.61 Å². The Balaban J connectivity index is 2.81. The Bertz CT molecular complexity index is 89.5. The van der Waals surface area contributed by atoms with Crippen molar-refractivity contribution in [1.82, 2.24) is 0 Å². The third kappa shape index (κ3) is 14.0. The Morgan fingerprint density at radius 2 is 1.20 bits per heavy atom. The lowest BCUT2D eigenvalue weighted by molar-refractivity contribution is 0.322. The number of hydrogen-bond acceptors (Lipinski definition) is 1. The van der Waals surface area contributed by atoms with Gasteiger partial charge in [0, 0.05) is 6.61 Å². The van der Waals surface area contributed by atoms with E-state index < -0.39 is 0 Å². The normalized spacial score (nSPS) is 10.8. The fourth-order valence-electron chi connectivity index (χ4n) is 1.87. The first kappa shape index (κ1) is 15.0. The minimum absolute atomic E-state index is 0.247. The van der Waals surface area contributed by atoms with E-state index in [0.717, 1.165) is 6.42 Å². The van der Waals surface area contributed by atoms with Gasteiger partial charge in [0.25, 0.3) is 0 Å². The van der Waals surface area contributed by atoms with E-state index >= 15 is 0 Å². The van der Waals surface area contributed by atoms with E-state index in [0.29, 0.717) is 0 Å². The van der Waals surface area contributed by atoms with E-state index in [9.17, 15) is 0 Å². The van der Waals surface area contributed by atoms with Crippen LogP contribution >= 0.6 is 0 Å². The second-order valence-electron chi connectivity index (χ2n) is 4.44. The summed E-state index contributed by atoms with van der Waals surface area (Å²) in [6.45, 7) is 2.51. The highest BCUT2D eigenvalue weighted by atomic mass is 16.2. The summed E-state index contributed by atoms with van der Waals surface area (Å²) in [6, 6.07) is 0. The molecule has 0 amide bonds. The Hall–Kier alpha value is -0.0400. The van der Waals surface area contributed by atoms with E-state index in [4.69, 9.17) is 5.11 Å². The molecule has 0 atom stereocenters. The van der Waals surface area contributed by atoms with Crippen LogP contribution in [0.5, 0.6) is 0 Å². The predicted molar refractivity (Wildman–Crippen MR) is 67.8 cm³/mol. The van der Waals surface area contributed by atoms with Gasteiger partial charge in [0.1, 0.15) is 0 Å². The van der Waals surface area contributed by atoms with Crippen molar-refractivity contribution in [3.8, 4) is 0 Å². The average molecular weight is 213 g/mol. The van der Waals surface area contributed by atoms with Crippen molar-refractivity contribution >= 4 is 0 Å². The molecule has 0 aliphatic rings. The maximum atomic E-state index is 8.55. The molecule has 0 saturated heterocycles. The molecule has 1 radical (unpaired) electrons. The molecule has 0 unspecified atom stereocenters. The molecule has 1 N–H and O–H groups in total. The van der Waals surface area contributed by atoms with Gasteiger partial charge in [-0.3, -0.25) is 0 Å². The summed E-state index contributed by atoms with van der Waals surface area (Å²) in [4.78, 5) is 0. The van der Waals surface area contributed by atoms with Crippen LogP contribution in [0, 0.1) is 6.42 Å². The third-order valence-corrected chi connectivity index (χ3v) is 2.89. The van der Waals surface area contributed by atoms with Crippen LogP contribution < -0.4 is 0 Å². The standard InChI is InChI=1S/C14H29O/c1-2-3-4-5-6-7-8-9-10-11-12-13-14-15/h13,15H,2-12,14H2,1H3. The molecule has 1 heteroatoms. The zero-order valence-corrected chi connectivity index (χ0v) is 10.5. The fourth-order valence-corrected chi connectivity index (χ4v) is 1.87. The SMILES string of the molecule is CCCCCCCCCCCC[CH]CO. The molecule has 15 heavy (non-hydrogen) atoms. The zero-order chi connectivity index (χ0) is 11.2. The highest BCUT2D eigenvalue weighted by Crippen LogP contribution is 2.11. The van der Waals surface area contributed by atoms with E-state index in [1.807, 2.05) is 6.42 Å². The molecule has 0 aromatic rings. The lowest BCUT2D eigenvalue weighted by Crippen LogP contribution is -1.85. The number of hydrogen-bond donors (Lipinski definition) is 1. The van der Waals surface area contributed by atoms with Crippen LogP contribution in [0.2, 0.25) is 0 Å². The van der Waals surface area contributed by atoms with Gasteiger partial charge in [0.05, 0.1) is 0 Å². The second kappa shape index (κ2) is 14.0. The van der Waals surface area contributed by atoms with Crippen molar-refractivity contribution in [1.29, 1.82) is 0 Å². The molecule has 0 aromatic carbocycles. The van der Waals surface area contributed by atoms with Crippen molar-refractivity contribution in [2.45, 2.75) is 77.6 Å². The van der Waals surface area contributed by atoms with Gasteiger partial charge < -0.3 is 5.11 Å². The molecule has 1 nitrogen and oxygen atoms in total. The van der Waals surface area contributed by atoms with Gasteiger partial charge in [-0.25, -0.2) is 0 Å². The summed E-state index contributed by atoms with van der Waals surface area (Å²) in [6.07, 6.45) is 16.9. The number of aliphatic hydroxyl groups excluding tert-OH is 1. The first-order valence-electron chi connectivity index (χ1n) is 6.84. The van der Waals surface area contributed by atoms with Crippen molar-refractivity contribution in [2.24, 2.45) is 0 Å². The Morgan fingerprint density at radius 3 is 1.67 bits per heavy atom. The summed E-state index contributed by atoms with van der Waals surface area (Å²) < 4.78 is 0. The average Bonchev–Trinajstić information content (AvgIpc) is 2.26. The highest BCUT2D eigenvalue weighted by Gasteiger charge is 1.92. The van der Waals surface area contributed by atoms with Crippen LogP contribution in [-0.4, -0.2) is 11.7 Å². The van der Waals surface area contributed by atoms with Crippen LogP contribution in [0.25, 0.3) is 0 Å². The number of unbranched alkanes of at least 4 members (excludes halogenated alkanes) is 11. The molecular weight excluding hydrogens is 184 g/mol. The summed E-state index contributed by atoms with van der Waals surface area (Å²) in [5.74, 6) is 0. The van der Waals surface area contributed by atoms with Gasteiger partial charge in [0.15, 0.2) is 0 Å². The van der Waals surface area contributed by atoms with E-state index in [1.165, 1.54) is 64.2 Å². The lowest BCUT2D eigenvalue weighted by Gasteiger charge is -2.01. The van der Waals surface area contributed by atoms with Gasteiger partial charge in [-0.1, -0.05) is 71.1 Å². The van der Waals surface area contributed by atoms with Crippen LogP contribution in [0.1, 0.15) is 77.6 Å². The maximum absolute atomic E-state index is 8.55. The predicted octanol–water partition coefficient (Wildman–Crippen LogP) is 4.49. The minimum Gasteiger partial charge on any atom is -0.396 e. The molecule has 0 bridgehead atoms. The molecule has 0 saturated carbocycles. The molecule has 0 rings (SSSR count). The van der Waals surface area contributed by atoms with Crippen molar-refractivity contribution in [3.05, 3.63) is 6.42 Å². The Morgan fingerprint density at radius 1 is 0.733 bits per heavy atom. The summed E-state index contributed by atoms with van der Waals surface area (Å²) in [5.41, 5.74) is 0. The van der Waals surface area contributed by atoms with Gasteiger partial charge >= 0.3 is 0 Å². The summed E-state index contributed by atoms with van der Waals surface area (Å²) in [7, 11) is 0. The minimum atomic E-state index is 0.247. The van der Waals surface area contributed by atoms with Crippen LogP contribution in [0.15, 0.2) is 0 Å². The molecular formula is C14H29O. The van der Waals surface area contributed by atoms with Gasteiger partial charge in [-0.2, -0.15) is 0 Å². The first-order valence-corrected chi connectivity index (χ1v) is 6.84. The van der Waals surface area contributed by atoms with Gasteiger partial charge in [-0.05, 0) is 12.8 Å². The molecule has 0 aliphatic heterocycles. The van der Waals surface area contributed by atoms with Crippen molar-refractivity contribution in [2.75, 3.05) is 6.61 Å². The van der Waals surface area contributed by atoms with Crippen LogP contribution in [0.4, 0.5) is 0 Å². The topological polar surface area (TPSA) is 20.2 Å². The molecule has 0 aliphatic carbocycles.